The molecule has 6 rings (SSSR count). The Morgan fingerprint density at radius 1 is 1.08 bits per heavy atom. The standard InChI is InChI=1S/C28H21N3O4S/c1-35-23-12-5-4-11-21(23)26-22-14-13-18-8-2-3-10-20(18)25(22)29-28-30(26)27(32)24(36-28)16-17-7-6-9-19(15-17)31(33)34/h2-12,15-16,26H,13-14H2,1H3/b24-16-/t26-/m1/s1. The number of ether oxygens (including phenoxy) is 1. The first-order valence-corrected chi connectivity index (χ1v) is 12.4. The Bertz CT molecular complexity index is 1750. The molecule has 0 bridgehead atoms. The third-order valence-electron chi connectivity index (χ3n) is 6.69. The molecule has 1 atom stereocenters. The molecule has 0 spiro atoms. The SMILES string of the molecule is COc1ccccc1[C@@H]1C2=C(N=c3s/c(=C\c4cccc([N+](=O)[O-])c4)c(=O)n31)c1ccccc1CC2. The van der Waals surface area contributed by atoms with Crippen molar-refractivity contribution >= 4 is 28.8 Å². The van der Waals surface area contributed by atoms with Gasteiger partial charge in [-0.3, -0.25) is 19.5 Å². The van der Waals surface area contributed by atoms with Gasteiger partial charge in [0, 0.05) is 23.3 Å². The highest BCUT2D eigenvalue weighted by Crippen LogP contribution is 2.43. The molecule has 0 saturated carbocycles. The fourth-order valence-corrected chi connectivity index (χ4v) is 6.07. The summed E-state index contributed by atoms with van der Waals surface area (Å²) in [5, 5.41) is 11.2. The van der Waals surface area contributed by atoms with Crippen molar-refractivity contribution in [3.05, 3.63) is 130 Å². The number of hydrogen-bond acceptors (Lipinski definition) is 6. The molecule has 1 aliphatic carbocycles. The Morgan fingerprint density at radius 3 is 2.72 bits per heavy atom. The number of thiazole rings is 1. The van der Waals surface area contributed by atoms with E-state index in [4.69, 9.17) is 9.73 Å². The maximum absolute atomic E-state index is 13.8. The monoisotopic (exact) mass is 495 g/mol. The number of benzene rings is 3. The number of aromatic nitrogens is 1. The number of nitro benzene ring substituents is 1. The first kappa shape index (κ1) is 22.2. The minimum absolute atomic E-state index is 0.0181. The number of nitrogens with zero attached hydrogens (tertiary/aromatic N) is 3. The van der Waals surface area contributed by atoms with E-state index in [2.05, 4.69) is 12.1 Å². The molecule has 7 nitrogen and oxygen atoms in total. The number of para-hydroxylation sites is 1. The Balaban J connectivity index is 1.63. The van der Waals surface area contributed by atoms with Gasteiger partial charge in [0.15, 0.2) is 4.80 Å². The van der Waals surface area contributed by atoms with Crippen LogP contribution < -0.4 is 19.6 Å². The van der Waals surface area contributed by atoms with Crippen LogP contribution in [0.25, 0.3) is 11.8 Å². The third-order valence-corrected chi connectivity index (χ3v) is 7.67. The molecular weight excluding hydrogens is 474 g/mol. The fourth-order valence-electron chi connectivity index (χ4n) is 5.07. The molecule has 1 aliphatic heterocycles. The summed E-state index contributed by atoms with van der Waals surface area (Å²) in [4.78, 5) is 30.2. The summed E-state index contributed by atoms with van der Waals surface area (Å²) in [5.41, 5.74) is 5.65. The van der Waals surface area contributed by atoms with Crippen molar-refractivity contribution in [2.75, 3.05) is 7.11 Å². The van der Waals surface area contributed by atoms with Crippen LogP contribution in [0.4, 0.5) is 5.69 Å². The van der Waals surface area contributed by atoms with Gasteiger partial charge in [0.05, 0.1) is 28.3 Å². The van der Waals surface area contributed by atoms with E-state index in [1.807, 2.05) is 36.4 Å². The minimum Gasteiger partial charge on any atom is -0.496 e. The van der Waals surface area contributed by atoms with Gasteiger partial charge < -0.3 is 4.74 Å². The van der Waals surface area contributed by atoms with Crippen molar-refractivity contribution < 1.29 is 9.66 Å². The van der Waals surface area contributed by atoms with Crippen molar-refractivity contribution in [3.63, 3.8) is 0 Å². The molecule has 2 heterocycles. The summed E-state index contributed by atoms with van der Waals surface area (Å²) in [5.74, 6) is 0.711. The molecule has 0 radical (unpaired) electrons. The molecule has 4 aromatic rings. The second-order valence-corrected chi connectivity index (χ2v) is 9.72. The molecule has 1 aromatic heterocycles. The summed E-state index contributed by atoms with van der Waals surface area (Å²) < 4.78 is 7.93. The molecule has 0 fully saturated rings. The summed E-state index contributed by atoms with van der Waals surface area (Å²) >= 11 is 1.30. The van der Waals surface area contributed by atoms with E-state index < -0.39 is 4.92 Å². The van der Waals surface area contributed by atoms with E-state index >= 15 is 0 Å². The number of non-ortho nitro benzene ring substituents is 1. The average molecular weight is 496 g/mol. The maximum atomic E-state index is 13.8. The number of aryl methyl sites for hydroxylation is 1. The second-order valence-electron chi connectivity index (χ2n) is 8.71. The van der Waals surface area contributed by atoms with Crippen LogP contribution in [0.1, 0.15) is 34.7 Å². The zero-order valence-electron chi connectivity index (χ0n) is 19.4. The normalized spacial score (nSPS) is 16.6. The number of allylic oxidation sites excluding steroid dienone is 1. The van der Waals surface area contributed by atoms with Crippen LogP contribution in [0.15, 0.2) is 88.2 Å². The molecule has 0 N–H and O–H groups in total. The smallest absolute Gasteiger partial charge is 0.271 e. The van der Waals surface area contributed by atoms with Crippen LogP contribution in [0, 0.1) is 10.1 Å². The second kappa shape index (κ2) is 8.73. The molecule has 36 heavy (non-hydrogen) atoms. The highest BCUT2D eigenvalue weighted by Gasteiger charge is 2.33. The van der Waals surface area contributed by atoms with E-state index in [0.29, 0.717) is 20.6 Å². The average Bonchev–Trinajstić information content (AvgIpc) is 3.21. The van der Waals surface area contributed by atoms with Gasteiger partial charge in [-0.25, -0.2) is 4.99 Å². The molecule has 0 unspecified atom stereocenters. The quantitative estimate of drug-likeness (QED) is 0.313. The number of fused-ring (bicyclic) bond motifs is 3. The topological polar surface area (TPSA) is 86.7 Å². The van der Waals surface area contributed by atoms with Gasteiger partial charge in [0.1, 0.15) is 5.75 Å². The summed E-state index contributed by atoms with van der Waals surface area (Å²) in [6.45, 7) is 0. The first-order chi connectivity index (χ1) is 17.5. The van der Waals surface area contributed by atoms with Gasteiger partial charge in [-0.05, 0) is 41.7 Å². The number of rotatable bonds is 4. The van der Waals surface area contributed by atoms with Crippen molar-refractivity contribution in [1.29, 1.82) is 0 Å². The van der Waals surface area contributed by atoms with Crippen LogP contribution in [-0.4, -0.2) is 16.6 Å². The number of hydrogen-bond donors (Lipinski definition) is 0. The Labute approximate surface area is 210 Å². The first-order valence-electron chi connectivity index (χ1n) is 11.6. The minimum atomic E-state index is -0.438. The van der Waals surface area contributed by atoms with E-state index in [-0.39, 0.29) is 17.3 Å². The highest BCUT2D eigenvalue weighted by molar-refractivity contribution is 7.07. The Hall–Kier alpha value is -4.30. The van der Waals surface area contributed by atoms with Crippen LogP contribution in [-0.2, 0) is 6.42 Å². The van der Waals surface area contributed by atoms with E-state index in [0.717, 1.165) is 35.2 Å². The van der Waals surface area contributed by atoms with Gasteiger partial charge in [-0.2, -0.15) is 0 Å². The molecule has 8 heteroatoms. The lowest BCUT2D eigenvalue weighted by atomic mass is 9.83. The van der Waals surface area contributed by atoms with Gasteiger partial charge in [0.2, 0.25) is 0 Å². The molecular formula is C28H21N3O4S. The predicted octanol–water partition coefficient (Wildman–Crippen LogP) is 4.24. The lowest BCUT2D eigenvalue weighted by molar-refractivity contribution is -0.384. The molecule has 0 saturated heterocycles. The van der Waals surface area contributed by atoms with Crippen molar-refractivity contribution in [1.82, 2.24) is 4.57 Å². The predicted molar refractivity (Wildman–Crippen MR) is 139 cm³/mol. The van der Waals surface area contributed by atoms with E-state index in [9.17, 15) is 14.9 Å². The Morgan fingerprint density at radius 2 is 1.89 bits per heavy atom. The van der Waals surface area contributed by atoms with Crippen LogP contribution >= 0.6 is 11.3 Å². The third kappa shape index (κ3) is 3.58. The van der Waals surface area contributed by atoms with Gasteiger partial charge in [0.25, 0.3) is 11.2 Å². The van der Waals surface area contributed by atoms with Crippen LogP contribution in [0.3, 0.4) is 0 Å². The zero-order valence-corrected chi connectivity index (χ0v) is 20.2. The van der Waals surface area contributed by atoms with Gasteiger partial charge in [-0.1, -0.05) is 65.9 Å². The van der Waals surface area contributed by atoms with Gasteiger partial charge >= 0.3 is 0 Å². The summed E-state index contributed by atoms with van der Waals surface area (Å²) in [6, 6.07) is 22.0. The molecule has 0 amide bonds. The molecule has 3 aromatic carbocycles. The summed E-state index contributed by atoms with van der Waals surface area (Å²) in [7, 11) is 1.64. The van der Waals surface area contributed by atoms with Crippen LogP contribution in [0.5, 0.6) is 5.75 Å². The van der Waals surface area contributed by atoms with Crippen molar-refractivity contribution in [2.45, 2.75) is 18.9 Å². The van der Waals surface area contributed by atoms with E-state index in [1.165, 1.54) is 29.0 Å². The maximum Gasteiger partial charge on any atom is 0.271 e. The lowest BCUT2D eigenvalue weighted by Crippen LogP contribution is -2.39. The van der Waals surface area contributed by atoms with Crippen LogP contribution in [0.2, 0.25) is 0 Å². The van der Waals surface area contributed by atoms with Crippen molar-refractivity contribution in [2.24, 2.45) is 4.99 Å². The summed E-state index contributed by atoms with van der Waals surface area (Å²) in [6.07, 6.45) is 3.36. The highest BCUT2D eigenvalue weighted by atomic mass is 32.1. The van der Waals surface area contributed by atoms with Crippen molar-refractivity contribution in [3.8, 4) is 5.75 Å². The van der Waals surface area contributed by atoms with Gasteiger partial charge in [-0.15, -0.1) is 0 Å². The van der Waals surface area contributed by atoms with E-state index in [1.54, 1.807) is 29.9 Å². The fraction of sp³-hybridized carbons (Fsp3) is 0.143. The largest absolute Gasteiger partial charge is 0.496 e. The zero-order chi connectivity index (χ0) is 24.8. The number of nitro groups is 1. The number of methoxy groups -OCH3 is 1. The molecule has 2 aliphatic rings. The lowest BCUT2D eigenvalue weighted by Gasteiger charge is -2.31. The molecule has 178 valence electrons. The Kier molecular flexibility index (Phi) is 5.38.